The zero-order chi connectivity index (χ0) is 24.8. The summed E-state index contributed by atoms with van der Waals surface area (Å²) in [5.41, 5.74) is 4.12. The third-order valence-corrected chi connectivity index (χ3v) is 6.73. The van der Waals surface area contributed by atoms with Crippen molar-refractivity contribution < 1.29 is 14.1 Å². The molecule has 0 saturated carbocycles. The molecule has 178 valence electrons. The zero-order valence-electron chi connectivity index (χ0n) is 20.1. The van der Waals surface area contributed by atoms with Crippen LogP contribution in [0, 0.1) is 0 Å². The third-order valence-electron chi connectivity index (χ3n) is 6.73. The second-order valence-corrected chi connectivity index (χ2v) is 8.97. The van der Waals surface area contributed by atoms with Crippen molar-refractivity contribution >= 4 is 34.3 Å². The second kappa shape index (κ2) is 8.64. The average Bonchev–Trinajstić information content (AvgIpc) is 3.31. The number of para-hydroxylation sites is 1. The largest absolute Gasteiger partial charge is 0.536 e. The van der Waals surface area contributed by atoms with Crippen LogP contribution >= 0.6 is 0 Å². The van der Waals surface area contributed by atoms with Gasteiger partial charge in [0.25, 0.3) is 0 Å². The van der Waals surface area contributed by atoms with Gasteiger partial charge in [-0.1, -0.05) is 36.4 Å². The first kappa shape index (κ1) is 21.4. The molecule has 0 amide bonds. The van der Waals surface area contributed by atoms with Crippen molar-refractivity contribution in [1.82, 2.24) is 14.4 Å². The summed E-state index contributed by atoms with van der Waals surface area (Å²) in [5, 5.41) is 2.33. The Morgan fingerprint density at radius 1 is 0.784 bits per heavy atom. The van der Waals surface area contributed by atoms with Gasteiger partial charge in [-0.25, -0.2) is 4.98 Å². The molecule has 2 aliphatic heterocycles. The molecular formula is C30H22BN3O3. The van der Waals surface area contributed by atoms with E-state index in [0.717, 1.165) is 50.7 Å². The van der Waals surface area contributed by atoms with Crippen molar-refractivity contribution in [3.05, 3.63) is 127 Å². The number of nitrogens with zero attached hydrogens (tertiary/aromatic N) is 3. The molecule has 2 aromatic heterocycles. The molecule has 0 atom stereocenters. The number of fused-ring (bicyclic) bond motifs is 3. The fraction of sp³-hybridized carbons (Fsp3) is 0.0333. The van der Waals surface area contributed by atoms with Crippen molar-refractivity contribution in [2.24, 2.45) is 0 Å². The maximum atomic E-state index is 6.38. The number of hydrogen-bond acceptors (Lipinski definition) is 5. The van der Waals surface area contributed by atoms with Crippen LogP contribution in [0.15, 0.2) is 127 Å². The van der Waals surface area contributed by atoms with Crippen LogP contribution in [-0.4, -0.2) is 28.5 Å². The molecule has 0 fully saturated rings. The molecule has 0 bridgehead atoms. The Kier molecular flexibility index (Phi) is 4.99. The predicted molar refractivity (Wildman–Crippen MR) is 146 cm³/mol. The summed E-state index contributed by atoms with van der Waals surface area (Å²) < 4.78 is 20.0. The van der Waals surface area contributed by atoms with Gasteiger partial charge in [0.05, 0.1) is 29.3 Å². The number of hydrogen-bond donors (Lipinski definition) is 0. The Morgan fingerprint density at radius 3 is 2.54 bits per heavy atom. The third kappa shape index (κ3) is 3.64. The molecule has 0 spiro atoms. The Labute approximate surface area is 214 Å². The smallest absolute Gasteiger partial charge is 0.519 e. The summed E-state index contributed by atoms with van der Waals surface area (Å²) in [6.07, 6.45) is 8.83. The van der Waals surface area contributed by atoms with Crippen molar-refractivity contribution in [3.8, 4) is 17.3 Å². The van der Waals surface area contributed by atoms with E-state index in [1.807, 2.05) is 73.9 Å². The first-order chi connectivity index (χ1) is 18.3. The minimum atomic E-state index is -0.255. The second-order valence-electron chi connectivity index (χ2n) is 8.97. The minimum Gasteiger partial charge on any atom is -0.536 e. The first-order valence-corrected chi connectivity index (χ1v) is 12.1. The van der Waals surface area contributed by atoms with E-state index in [1.165, 1.54) is 5.39 Å². The van der Waals surface area contributed by atoms with E-state index >= 15 is 0 Å². The normalized spacial score (nSPS) is 14.6. The molecule has 4 heterocycles. The van der Waals surface area contributed by atoms with E-state index in [-0.39, 0.29) is 7.05 Å². The molecule has 6 nitrogen and oxygen atoms in total. The van der Waals surface area contributed by atoms with E-state index in [4.69, 9.17) is 14.1 Å². The quantitative estimate of drug-likeness (QED) is 0.298. The summed E-state index contributed by atoms with van der Waals surface area (Å²) in [6.45, 7) is 0. The fourth-order valence-electron chi connectivity index (χ4n) is 5.04. The number of pyridine rings is 1. The van der Waals surface area contributed by atoms with Crippen LogP contribution in [0.3, 0.4) is 0 Å². The lowest BCUT2D eigenvalue weighted by molar-refractivity contribution is 0.396. The first-order valence-electron chi connectivity index (χ1n) is 12.1. The van der Waals surface area contributed by atoms with E-state index in [0.29, 0.717) is 0 Å². The topological polar surface area (TPSA) is 48.8 Å². The Hall–Kier alpha value is -4.91. The molecule has 0 aliphatic carbocycles. The van der Waals surface area contributed by atoms with E-state index in [2.05, 4.69) is 50.8 Å². The molecule has 0 unspecified atom stereocenters. The summed E-state index contributed by atoms with van der Waals surface area (Å²) in [6, 6.07) is 28.6. The van der Waals surface area contributed by atoms with Crippen LogP contribution in [0.1, 0.15) is 0 Å². The fourth-order valence-corrected chi connectivity index (χ4v) is 5.04. The van der Waals surface area contributed by atoms with Crippen molar-refractivity contribution in [2.45, 2.75) is 0 Å². The van der Waals surface area contributed by atoms with Gasteiger partial charge in [0.15, 0.2) is 0 Å². The lowest BCUT2D eigenvalue weighted by Crippen LogP contribution is -2.43. The average molecular weight is 483 g/mol. The number of benzene rings is 3. The highest BCUT2D eigenvalue weighted by Crippen LogP contribution is 2.35. The Bertz CT molecular complexity index is 1740. The number of allylic oxidation sites excluding steroid dienone is 2. The minimum absolute atomic E-state index is 0.255. The standard InChI is InChI=1S/C30H22BN3O3/c1-33-27-14-17-35-18-15-29(27)37-31(33)21-7-6-8-22(19-21)36-23-12-13-25-24-9-2-3-10-26(24)34(28(25)20-23)30-11-4-5-16-32-30/h2-20H,1H3. The van der Waals surface area contributed by atoms with Crippen LogP contribution in [0.25, 0.3) is 27.6 Å². The molecule has 3 aromatic carbocycles. The van der Waals surface area contributed by atoms with Crippen LogP contribution in [0.4, 0.5) is 0 Å². The number of ether oxygens (including phenoxy) is 2. The Morgan fingerprint density at radius 2 is 1.62 bits per heavy atom. The molecule has 0 saturated heterocycles. The molecule has 7 rings (SSSR count). The molecule has 2 aliphatic rings. The SMILES string of the molecule is CN1B(c2cccc(Oc3ccc4c5ccccc5n(-c5ccccn5)c4c3)c2)OC2=C1C=COC=C2. The maximum Gasteiger partial charge on any atom is 0.519 e. The van der Waals surface area contributed by atoms with E-state index < -0.39 is 0 Å². The van der Waals surface area contributed by atoms with E-state index in [9.17, 15) is 0 Å². The van der Waals surface area contributed by atoms with Gasteiger partial charge in [0.1, 0.15) is 23.1 Å². The van der Waals surface area contributed by atoms with Crippen LogP contribution in [-0.2, 0) is 9.39 Å². The van der Waals surface area contributed by atoms with Crippen molar-refractivity contribution in [3.63, 3.8) is 0 Å². The van der Waals surface area contributed by atoms with E-state index in [1.54, 1.807) is 12.5 Å². The van der Waals surface area contributed by atoms with Gasteiger partial charge in [-0.3, -0.25) is 4.57 Å². The summed E-state index contributed by atoms with van der Waals surface area (Å²) in [4.78, 5) is 6.70. The van der Waals surface area contributed by atoms with Gasteiger partial charge >= 0.3 is 7.05 Å². The highest BCUT2D eigenvalue weighted by molar-refractivity contribution is 6.66. The lowest BCUT2D eigenvalue weighted by atomic mass is 9.72. The highest BCUT2D eigenvalue weighted by atomic mass is 16.5. The van der Waals surface area contributed by atoms with Crippen LogP contribution in [0.5, 0.6) is 11.5 Å². The summed E-state index contributed by atoms with van der Waals surface area (Å²) in [5.74, 6) is 3.14. The number of rotatable bonds is 4. The summed E-state index contributed by atoms with van der Waals surface area (Å²) >= 11 is 0. The molecule has 0 N–H and O–H groups in total. The number of likely N-dealkylation sites (N-methyl/N-ethyl adjacent to an activating group) is 1. The predicted octanol–water partition coefficient (Wildman–Crippen LogP) is 5.90. The Balaban J connectivity index is 1.24. The number of aromatic nitrogens is 2. The maximum absolute atomic E-state index is 6.38. The lowest BCUT2D eigenvalue weighted by Gasteiger charge is -2.18. The van der Waals surface area contributed by atoms with Gasteiger partial charge in [-0.05, 0) is 61.1 Å². The summed E-state index contributed by atoms with van der Waals surface area (Å²) in [7, 11) is 1.75. The van der Waals surface area contributed by atoms with Gasteiger partial charge in [0.2, 0.25) is 0 Å². The highest BCUT2D eigenvalue weighted by Gasteiger charge is 2.36. The van der Waals surface area contributed by atoms with Gasteiger partial charge in [0, 0.05) is 29.1 Å². The van der Waals surface area contributed by atoms with Gasteiger partial charge < -0.3 is 18.9 Å². The van der Waals surface area contributed by atoms with Crippen LogP contribution in [0.2, 0.25) is 0 Å². The van der Waals surface area contributed by atoms with Gasteiger partial charge in [-0.15, -0.1) is 0 Å². The van der Waals surface area contributed by atoms with Crippen LogP contribution < -0.4 is 10.2 Å². The molecular weight excluding hydrogens is 461 g/mol. The zero-order valence-corrected chi connectivity index (χ0v) is 20.1. The molecule has 37 heavy (non-hydrogen) atoms. The monoisotopic (exact) mass is 483 g/mol. The van der Waals surface area contributed by atoms with Crippen molar-refractivity contribution in [2.75, 3.05) is 7.05 Å². The van der Waals surface area contributed by atoms with Gasteiger partial charge in [-0.2, -0.15) is 0 Å². The molecule has 7 heteroatoms. The van der Waals surface area contributed by atoms with Crippen molar-refractivity contribution in [1.29, 1.82) is 0 Å². The molecule has 0 radical (unpaired) electrons. The molecule has 5 aromatic rings.